The number of nitrogens with zero attached hydrogens (tertiary/aromatic N) is 1. The molecule has 2 nitrogen and oxygen atoms in total. The second kappa shape index (κ2) is 8.81. The van der Waals surface area contributed by atoms with E-state index in [4.69, 9.17) is 17.3 Å². The van der Waals surface area contributed by atoms with Gasteiger partial charge in [-0.2, -0.15) is 11.8 Å². The van der Waals surface area contributed by atoms with E-state index in [0.717, 1.165) is 35.6 Å². The van der Waals surface area contributed by atoms with Crippen molar-refractivity contribution in [2.24, 2.45) is 5.73 Å². The summed E-state index contributed by atoms with van der Waals surface area (Å²) in [5, 5.41) is 0.831. The Morgan fingerprint density at radius 2 is 2.00 bits per heavy atom. The minimum atomic E-state index is 0.191. The summed E-state index contributed by atoms with van der Waals surface area (Å²) in [7, 11) is 2.15. The molecule has 0 saturated heterocycles. The van der Waals surface area contributed by atoms with Gasteiger partial charge in [-0.05, 0) is 43.2 Å². The van der Waals surface area contributed by atoms with Crippen LogP contribution in [-0.2, 0) is 6.42 Å². The minimum Gasteiger partial charge on any atom is -0.371 e. The summed E-state index contributed by atoms with van der Waals surface area (Å²) in [5.74, 6) is 1.13. The highest BCUT2D eigenvalue weighted by Gasteiger charge is 2.14. The van der Waals surface area contributed by atoms with E-state index in [-0.39, 0.29) is 6.04 Å². The number of hydrogen-bond acceptors (Lipinski definition) is 3. The summed E-state index contributed by atoms with van der Waals surface area (Å²) in [6.07, 6.45) is 5.11. The predicted octanol–water partition coefficient (Wildman–Crippen LogP) is 4.20. The van der Waals surface area contributed by atoms with E-state index in [1.807, 2.05) is 11.8 Å². The lowest BCUT2D eigenvalue weighted by molar-refractivity contribution is 0.646. The van der Waals surface area contributed by atoms with Gasteiger partial charge >= 0.3 is 0 Å². The standard InChI is InChI=1S/C16H27ClN2S/c1-5-13(18)9-12-7-8-15(10-16(12)17)19(3)14(6-2)11-20-4/h7-8,10,13-14H,5-6,9,11,18H2,1-4H3. The van der Waals surface area contributed by atoms with Crippen molar-refractivity contribution in [1.82, 2.24) is 0 Å². The monoisotopic (exact) mass is 314 g/mol. The Balaban J connectivity index is 2.85. The van der Waals surface area contributed by atoms with Gasteiger partial charge in [0.25, 0.3) is 0 Å². The SMILES string of the molecule is CCC(N)Cc1ccc(N(C)C(CC)CSC)cc1Cl. The van der Waals surface area contributed by atoms with Gasteiger partial charge < -0.3 is 10.6 Å². The lowest BCUT2D eigenvalue weighted by atomic mass is 10.0. The molecule has 2 unspecified atom stereocenters. The molecule has 2 atom stereocenters. The van der Waals surface area contributed by atoms with Gasteiger partial charge in [0, 0.05) is 35.6 Å². The molecule has 0 saturated carbocycles. The fourth-order valence-corrected chi connectivity index (χ4v) is 3.35. The van der Waals surface area contributed by atoms with Gasteiger partial charge in [0.1, 0.15) is 0 Å². The summed E-state index contributed by atoms with van der Waals surface area (Å²) in [6.45, 7) is 4.34. The summed E-state index contributed by atoms with van der Waals surface area (Å²) in [5.41, 5.74) is 8.34. The highest BCUT2D eigenvalue weighted by Crippen LogP contribution is 2.26. The molecule has 0 aromatic heterocycles. The molecule has 0 bridgehead atoms. The van der Waals surface area contributed by atoms with Crippen LogP contribution in [0.25, 0.3) is 0 Å². The van der Waals surface area contributed by atoms with Gasteiger partial charge in [-0.3, -0.25) is 0 Å². The maximum absolute atomic E-state index is 6.41. The fraction of sp³-hybridized carbons (Fsp3) is 0.625. The average Bonchev–Trinajstić information content (AvgIpc) is 2.45. The second-order valence-corrected chi connectivity index (χ2v) is 6.59. The third kappa shape index (κ3) is 4.87. The Morgan fingerprint density at radius 1 is 1.30 bits per heavy atom. The van der Waals surface area contributed by atoms with Crippen LogP contribution < -0.4 is 10.6 Å². The second-order valence-electron chi connectivity index (χ2n) is 5.28. The molecule has 0 heterocycles. The minimum absolute atomic E-state index is 0.191. The number of hydrogen-bond donors (Lipinski definition) is 1. The Bertz CT molecular complexity index is 411. The molecule has 0 amide bonds. The zero-order chi connectivity index (χ0) is 15.1. The molecule has 0 aliphatic heterocycles. The van der Waals surface area contributed by atoms with Crippen LogP contribution in [0.4, 0.5) is 5.69 Å². The quantitative estimate of drug-likeness (QED) is 0.780. The summed E-state index contributed by atoms with van der Waals surface area (Å²) in [6, 6.07) is 7.09. The maximum Gasteiger partial charge on any atom is 0.0459 e. The molecule has 1 aromatic rings. The van der Waals surface area contributed by atoms with Crippen LogP contribution in [-0.4, -0.2) is 31.1 Å². The number of anilines is 1. The molecule has 0 radical (unpaired) electrons. The van der Waals surface area contributed by atoms with E-state index in [2.05, 4.69) is 50.2 Å². The molecule has 0 aliphatic rings. The normalized spacial score (nSPS) is 14.1. The van der Waals surface area contributed by atoms with Gasteiger partial charge in [-0.1, -0.05) is 31.5 Å². The van der Waals surface area contributed by atoms with Crippen molar-refractivity contribution >= 4 is 29.1 Å². The average molecular weight is 315 g/mol. The Hall–Kier alpha value is -0.380. The molecular weight excluding hydrogens is 288 g/mol. The van der Waals surface area contributed by atoms with Crippen molar-refractivity contribution in [2.45, 2.75) is 45.2 Å². The Morgan fingerprint density at radius 3 is 2.50 bits per heavy atom. The molecule has 1 rings (SSSR count). The third-order valence-electron chi connectivity index (χ3n) is 3.83. The maximum atomic E-state index is 6.41. The van der Waals surface area contributed by atoms with E-state index in [1.165, 1.54) is 5.69 Å². The zero-order valence-corrected chi connectivity index (χ0v) is 14.6. The van der Waals surface area contributed by atoms with Crippen molar-refractivity contribution in [1.29, 1.82) is 0 Å². The number of thioether (sulfide) groups is 1. The summed E-state index contributed by atoms with van der Waals surface area (Å²) in [4.78, 5) is 2.33. The van der Waals surface area contributed by atoms with Gasteiger partial charge in [0.15, 0.2) is 0 Å². The van der Waals surface area contributed by atoms with E-state index in [1.54, 1.807) is 0 Å². The van der Waals surface area contributed by atoms with Crippen LogP contribution in [0.5, 0.6) is 0 Å². The number of benzene rings is 1. The zero-order valence-electron chi connectivity index (χ0n) is 13.0. The largest absolute Gasteiger partial charge is 0.371 e. The van der Waals surface area contributed by atoms with Crippen LogP contribution in [0.1, 0.15) is 32.3 Å². The molecule has 2 N–H and O–H groups in total. The molecular formula is C16H27ClN2S. The topological polar surface area (TPSA) is 29.3 Å². The molecule has 114 valence electrons. The van der Waals surface area contributed by atoms with E-state index in [9.17, 15) is 0 Å². The van der Waals surface area contributed by atoms with Gasteiger partial charge in [-0.15, -0.1) is 0 Å². The third-order valence-corrected chi connectivity index (χ3v) is 4.90. The molecule has 0 aliphatic carbocycles. The number of rotatable bonds is 8. The smallest absolute Gasteiger partial charge is 0.0459 e. The first kappa shape index (κ1) is 17.7. The van der Waals surface area contributed by atoms with Crippen LogP contribution in [0.2, 0.25) is 5.02 Å². The highest BCUT2D eigenvalue weighted by molar-refractivity contribution is 7.98. The van der Waals surface area contributed by atoms with Crippen LogP contribution >= 0.6 is 23.4 Å². The first-order valence-electron chi connectivity index (χ1n) is 7.29. The van der Waals surface area contributed by atoms with Crippen LogP contribution in [0.15, 0.2) is 18.2 Å². The van der Waals surface area contributed by atoms with Crippen molar-refractivity contribution in [3.63, 3.8) is 0 Å². The lowest BCUT2D eigenvalue weighted by Crippen LogP contribution is -2.33. The lowest BCUT2D eigenvalue weighted by Gasteiger charge is -2.29. The fourth-order valence-electron chi connectivity index (χ4n) is 2.25. The van der Waals surface area contributed by atoms with Crippen molar-refractivity contribution in [2.75, 3.05) is 24.0 Å². The Labute approximate surface area is 133 Å². The molecule has 1 aromatic carbocycles. The van der Waals surface area contributed by atoms with E-state index < -0.39 is 0 Å². The highest BCUT2D eigenvalue weighted by atomic mass is 35.5. The van der Waals surface area contributed by atoms with Crippen molar-refractivity contribution in [3.05, 3.63) is 28.8 Å². The van der Waals surface area contributed by atoms with Gasteiger partial charge in [-0.25, -0.2) is 0 Å². The molecule has 0 spiro atoms. The first-order valence-corrected chi connectivity index (χ1v) is 9.06. The molecule has 4 heteroatoms. The van der Waals surface area contributed by atoms with Gasteiger partial charge in [0.2, 0.25) is 0 Å². The molecule has 0 fully saturated rings. The Kier molecular flexibility index (Phi) is 7.78. The van der Waals surface area contributed by atoms with Crippen LogP contribution in [0.3, 0.4) is 0 Å². The molecule has 20 heavy (non-hydrogen) atoms. The van der Waals surface area contributed by atoms with E-state index in [0.29, 0.717) is 6.04 Å². The van der Waals surface area contributed by atoms with Crippen LogP contribution in [0, 0.1) is 0 Å². The first-order chi connectivity index (χ1) is 9.53. The van der Waals surface area contributed by atoms with Crippen molar-refractivity contribution < 1.29 is 0 Å². The predicted molar refractivity (Wildman–Crippen MR) is 94.3 cm³/mol. The summed E-state index contributed by atoms with van der Waals surface area (Å²) < 4.78 is 0. The van der Waals surface area contributed by atoms with E-state index >= 15 is 0 Å². The van der Waals surface area contributed by atoms with Crippen molar-refractivity contribution in [3.8, 4) is 0 Å². The van der Waals surface area contributed by atoms with Gasteiger partial charge in [0.05, 0.1) is 0 Å². The summed E-state index contributed by atoms with van der Waals surface area (Å²) >= 11 is 8.30. The number of nitrogens with two attached hydrogens (primary N) is 1. The number of halogens is 1.